The molecular formula is C16H22Cl2IN5O. The van der Waals surface area contributed by atoms with Gasteiger partial charge in [-0.05, 0) is 37.5 Å². The van der Waals surface area contributed by atoms with Crippen LogP contribution in [-0.4, -0.2) is 29.2 Å². The zero-order chi connectivity index (χ0) is 17.4. The molecule has 0 bridgehead atoms. The number of hydrogen-bond acceptors (Lipinski definition) is 4. The van der Waals surface area contributed by atoms with Gasteiger partial charge in [0.05, 0.1) is 0 Å². The molecule has 25 heavy (non-hydrogen) atoms. The third-order valence-corrected chi connectivity index (χ3v) is 3.81. The molecule has 0 aliphatic rings. The van der Waals surface area contributed by atoms with Gasteiger partial charge >= 0.3 is 0 Å². The smallest absolute Gasteiger partial charge is 0.223 e. The van der Waals surface area contributed by atoms with Gasteiger partial charge in [0.2, 0.25) is 5.89 Å². The number of rotatable bonds is 7. The van der Waals surface area contributed by atoms with Crippen molar-refractivity contribution in [1.29, 1.82) is 0 Å². The van der Waals surface area contributed by atoms with Crippen molar-refractivity contribution < 1.29 is 4.52 Å². The van der Waals surface area contributed by atoms with E-state index in [1.54, 1.807) is 13.0 Å². The first-order valence-electron chi connectivity index (χ1n) is 7.83. The third kappa shape index (κ3) is 7.79. The number of hydrogen-bond donors (Lipinski definition) is 2. The molecule has 2 aromatic rings. The van der Waals surface area contributed by atoms with E-state index in [1.165, 1.54) is 0 Å². The van der Waals surface area contributed by atoms with Gasteiger partial charge in [0, 0.05) is 30.1 Å². The van der Waals surface area contributed by atoms with Crippen LogP contribution in [0.3, 0.4) is 0 Å². The van der Waals surface area contributed by atoms with Crippen LogP contribution in [0.15, 0.2) is 27.7 Å². The van der Waals surface area contributed by atoms with Gasteiger partial charge in [0.15, 0.2) is 11.8 Å². The Bertz CT molecular complexity index is 693. The standard InChI is InChI=1S/C16H21Cl2N5O.HI/c1-3-19-16(21-10-15-22-11(2)24-23-15)20-8-4-5-12-6-7-13(17)9-14(12)18;/h6-7,9H,3-5,8,10H2,1-2H3,(H2,19,20,21);1H. The van der Waals surface area contributed by atoms with Crippen molar-refractivity contribution in [2.24, 2.45) is 4.99 Å². The second kappa shape index (κ2) is 11.5. The maximum Gasteiger partial charge on any atom is 0.223 e. The van der Waals surface area contributed by atoms with Crippen LogP contribution < -0.4 is 10.6 Å². The molecule has 0 spiro atoms. The van der Waals surface area contributed by atoms with Gasteiger partial charge < -0.3 is 15.2 Å². The van der Waals surface area contributed by atoms with Gasteiger partial charge in [0.1, 0.15) is 6.54 Å². The molecule has 2 N–H and O–H groups in total. The average molecular weight is 498 g/mol. The Morgan fingerprint density at radius 3 is 2.72 bits per heavy atom. The first-order chi connectivity index (χ1) is 11.6. The topological polar surface area (TPSA) is 75.3 Å². The van der Waals surface area contributed by atoms with Crippen molar-refractivity contribution in [3.8, 4) is 0 Å². The largest absolute Gasteiger partial charge is 0.357 e. The fourth-order valence-electron chi connectivity index (χ4n) is 2.11. The summed E-state index contributed by atoms with van der Waals surface area (Å²) in [5.41, 5.74) is 1.09. The van der Waals surface area contributed by atoms with Crippen molar-refractivity contribution in [3.05, 3.63) is 45.5 Å². The Kier molecular flexibility index (Phi) is 10.1. The average Bonchev–Trinajstić information content (AvgIpc) is 2.96. The van der Waals surface area contributed by atoms with Crippen molar-refractivity contribution in [3.63, 3.8) is 0 Å². The van der Waals surface area contributed by atoms with Crippen molar-refractivity contribution >= 4 is 53.1 Å². The summed E-state index contributed by atoms with van der Waals surface area (Å²) in [7, 11) is 0. The minimum Gasteiger partial charge on any atom is -0.357 e. The van der Waals surface area contributed by atoms with E-state index in [0.717, 1.165) is 37.5 Å². The fraction of sp³-hybridized carbons (Fsp3) is 0.438. The molecule has 0 saturated carbocycles. The molecule has 0 saturated heterocycles. The lowest BCUT2D eigenvalue weighted by atomic mass is 10.1. The predicted octanol–water partition coefficient (Wildman–Crippen LogP) is 3.99. The van der Waals surface area contributed by atoms with Gasteiger partial charge in [-0.1, -0.05) is 34.4 Å². The summed E-state index contributed by atoms with van der Waals surface area (Å²) in [4.78, 5) is 8.57. The molecule has 138 valence electrons. The lowest BCUT2D eigenvalue weighted by molar-refractivity contribution is 0.387. The van der Waals surface area contributed by atoms with E-state index >= 15 is 0 Å². The first-order valence-corrected chi connectivity index (χ1v) is 8.59. The number of aromatic nitrogens is 2. The maximum absolute atomic E-state index is 6.18. The maximum atomic E-state index is 6.18. The molecule has 2 rings (SSSR count). The van der Waals surface area contributed by atoms with E-state index in [4.69, 9.17) is 27.7 Å². The minimum atomic E-state index is 0. The van der Waals surface area contributed by atoms with E-state index in [-0.39, 0.29) is 24.0 Å². The van der Waals surface area contributed by atoms with Crippen molar-refractivity contribution in [2.45, 2.75) is 33.2 Å². The van der Waals surface area contributed by atoms with E-state index in [2.05, 4.69) is 25.8 Å². The molecule has 0 radical (unpaired) electrons. The Labute approximate surface area is 174 Å². The lowest BCUT2D eigenvalue weighted by Gasteiger charge is -2.11. The second-order valence-corrected chi connectivity index (χ2v) is 6.03. The SMILES string of the molecule is CCNC(=NCc1noc(C)n1)NCCCc1ccc(Cl)cc1Cl.I. The number of benzene rings is 1. The van der Waals surface area contributed by atoms with Gasteiger partial charge in [-0.15, -0.1) is 24.0 Å². The summed E-state index contributed by atoms with van der Waals surface area (Å²) in [5, 5.41) is 11.7. The molecule has 1 aromatic carbocycles. The summed E-state index contributed by atoms with van der Waals surface area (Å²) < 4.78 is 4.93. The van der Waals surface area contributed by atoms with Crippen LogP contribution >= 0.6 is 47.2 Å². The van der Waals surface area contributed by atoms with Gasteiger partial charge in [-0.2, -0.15) is 4.98 Å². The quantitative estimate of drug-likeness (QED) is 0.262. The highest BCUT2D eigenvalue weighted by molar-refractivity contribution is 14.0. The van der Waals surface area contributed by atoms with Crippen LogP contribution in [0.25, 0.3) is 0 Å². The number of aliphatic imine (C=N–C) groups is 1. The summed E-state index contributed by atoms with van der Waals surface area (Å²) in [6.45, 7) is 5.70. The molecule has 0 atom stereocenters. The zero-order valence-corrected chi connectivity index (χ0v) is 18.0. The van der Waals surface area contributed by atoms with E-state index in [0.29, 0.717) is 28.3 Å². The molecule has 0 aliphatic heterocycles. The van der Waals surface area contributed by atoms with Crippen LogP contribution in [-0.2, 0) is 13.0 Å². The Morgan fingerprint density at radius 1 is 1.28 bits per heavy atom. The zero-order valence-electron chi connectivity index (χ0n) is 14.2. The molecule has 0 unspecified atom stereocenters. The summed E-state index contributed by atoms with van der Waals surface area (Å²) in [5.74, 6) is 1.83. The number of aryl methyl sites for hydroxylation is 2. The number of guanidine groups is 1. The monoisotopic (exact) mass is 497 g/mol. The molecule has 6 nitrogen and oxygen atoms in total. The van der Waals surface area contributed by atoms with Crippen molar-refractivity contribution in [2.75, 3.05) is 13.1 Å². The third-order valence-electron chi connectivity index (χ3n) is 3.22. The van der Waals surface area contributed by atoms with Gasteiger partial charge in [-0.3, -0.25) is 0 Å². The Balaban J connectivity index is 0.00000312. The minimum absolute atomic E-state index is 0. The van der Waals surface area contributed by atoms with E-state index < -0.39 is 0 Å². The normalized spacial score (nSPS) is 11.1. The Hall–Kier alpha value is -1.06. The van der Waals surface area contributed by atoms with Crippen LogP contribution in [0.5, 0.6) is 0 Å². The van der Waals surface area contributed by atoms with Crippen LogP contribution in [0.1, 0.15) is 30.6 Å². The van der Waals surface area contributed by atoms with Crippen LogP contribution in [0.4, 0.5) is 0 Å². The molecule has 1 aromatic heterocycles. The predicted molar refractivity (Wildman–Crippen MR) is 112 cm³/mol. The van der Waals surface area contributed by atoms with Crippen LogP contribution in [0, 0.1) is 6.92 Å². The number of halogens is 3. The molecule has 9 heteroatoms. The highest BCUT2D eigenvalue weighted by atomic mass is 127. The number of nitrogens with one attached hydrogen (secondary N) is 2. The molecule has 0 amide bonds. The molecule has 1 heterocycles. The summed E-state index contributed by atoms with van der Waals surface area (Å²) in [6.07, 6.45) is 1.79. The fourth-order valence-corrected chi connectivity index (χ4v) is 2.61. The molecular weight excluding hydrogens is 476 g/mol. The molecule has 0 fully saturated rings. The van der Waals surface area contributed by atoms with Crippen LogP contribution in [0.2, 0.25) is 10.0 Å². The molecule has 0 aliphatic carbocycles. The highest BCUT2D eigenvalue weighted by Gasteiger charge is 2.04. The Morgan fingerprint density at radius 2 is 2.08 bits per heavy atom. The first kappa shape index (κ1) is 22.0. The second-order valence-electron chi connectivity index (χ2n) is 5.19. The lowest BCUT2D eigenvalue weighted by Crippen LogP contribution is -2.37. The van der Waals surface area contributed by atoms with E-state index in [1.807, 2.05) is 19.1 Å². The van der Waals surface area contributed by atoms with E-state index in [9.17, 15) is 0 Å². The van der Waals surface area contributed by atoms with Gasteiger partial charge in [-0.25, -0.2) is 4.99 Å². The summed E-state index contributed by atoms with van der Waals surface area (Å²) >= 11 is 12.1. The number of nitrogens with zero attached hydrogens (tertiary/aromatic N) is 3. The van der Waals surface area contributed by atoms with Gasteiger partial charge in [0.25, 0.3) is 0 Å². The highest BCUT2D eigenvalue weighted by Crippen LogP contribution is 2.21. The summed E-state index contributed by atoms with van der Waals surface area (Å²) in [6, 6.07) is 5.58. The van der Waals surface area contributed by atoms with Crippen molar-refractivity contribution in [1.82, 2.24) is 20.8 Å².